The Kier molecular flexibility index (Phi) is 7.28. The molecule has 2 heterocycles. The molecule has 1 aliphatic heterocycles. The van der Waals surface area contributed by atoms with E-state index in [4.69, 9.17) is 21.1 Å². The van der Waals surface area contributed by atoms with E-state index in [1.165, 1.54) is 0 Å². The van der Waals surface area contributed by atoms with Gasteiger partial charge in [-0.15, -0.1) is 0 Å². The van der Waals surface area contributed by atoms with E-state index in [2.05, 4.69) is 46.0 Å². The molecule has 0 saturated carbocycles. The zero-order valence-corrected chi connectivity index (χ0v) is 17.6. The predicted molar refractivity (Wildman–Crippen MR) is 112 cm³/mol. The first kappa shape index (κ1) is 20.6. The molecule has 1 saturated heterocycles. The van der Waals surface area contributed by atoms with Crippen molar-refractivity contribution in [1.29, 1.82) is 0 Å². The molecule has 1 unspecified atom stereocenters. The summed E-state index contributed by atoms with van der Waals surface area (Å²) in [6.45, 7) is 11.9. The third kappa shape index (κ3) is 5.02. The summed E-state index contributed by atoms with van der Waals surface area (Å²) in [6.07, 6.45) is 1.16. The number of guanidine groups is 1. The molecule has 0 radical (unpaired) electrons. The van der Waals surface area contributed by atoms with E-state index in [0.29, 0.717) is 29.3 Å². The number of likely N-dealkylation sites (tertiary alicyclic amines) is 1. The number of nitrogens with one attached hydrogen (secondary N) is 1. The van der Waals surface area contributed by atoms with Crippen LogP contribution >= 0.6 is 11.6 Å². The second-order valence-electron chi connectivity index (χ2n) is 6.80. The molecule has 0 amide bonds. The Bertz CT molecular complexity index is 789. The summed E-state index contributed by atoms with van der Waals surface area (Å²) in [5.41, 5.74) is 0.833. The highest BCUT2D eigenvalue weighted by Crippen LogP contribution is 2.20. The van der Waals surface area contributed by atoms with Crippen LogP contribution in [-0.4, -0.2) is 64.7 Å². The normalized spacial score (nSPS) is 17.5. The van der Waals surface area contributed by atoms with E-state index < -0.39 is 0 Å². The van der Waals surface area contributed by atoms with Crippen LogP contribution in [0.2, 0.25) is 5.02 Å². The van der Waals surface area contributed by atoms with Crippen LogP contribution in [0, 0.1) is 0 Å². The van der Waals surface area contributed by atoms with Crippen molar-refractivity contribution in [2.75, 3.05) is 32.7 Å². The maximum Gasteiger partial charge on any atom is 0.248 e. The van der Waals surface area contributed by atoms with E-state index in [-0.39, 0.29) is 0 Å². The van der Waals surface area contributed by atoms with Gasteiger partial charge in [-0.3, -0.25) is 4.90 Å². The van der Waals surface area contributed by atoms with Gasteiger partial charge in [0.1, 0.15) is 6.54 Å². The first-order valence-electron chi connectivity index (χ1n) is 10.00. The van der Waals surface area contributed by atoms with Gasteiger partial charge in [0.05, 0.1) is 0 Å². The molecule has 1 fully saturated rings. The van der Waals surface area contributed by atoms with Gasteiger partial charge in [-0.2, -0.15) is 4.98 Å². The lowest BCUT2D eigenvalue weighted by molar-refractivity contribution is 0.223. The molecule has 0 aliphatic carbocycles. The molecule has 1 aliphatic rings. The van der Waals surface area contributed by atoms with Crippen LogP contribution < -0.4 is 5.32 Å². The first-order chi connectivity index (χ1) is 13.6. The summed E-state index contributed by atoms with van der Waals surface area (Å²) in [4.78, 5) is 14.0. The van der Waals surface area contributed by atoms with Crippen LogP contribution in [0.3, 0.4) is 0 Å². The number of hydrogen-bond donors (Lipinski definition) is 1. The smallest absolute Gasteiger partial charge is 0.248 e. The van der Waals surface area contributed by atoms with E-state index in [0.717, 1.165) is 50.7 Å². The van der Waals surface area contributed by atoms with Gasteiger partial charge < -0.3 is 14.7 Å². The Morgan fingerprint density at radius 2 is 2.18 bits per heavy atom. The van der Waals surface area contributed by atoms with E-state index in [9.17, 15) is 0 Å². The maximum absolute atomic E-state index is 6.04. The van der Waals surface area contributed by atoms with Gasteiger partial charge in [0.25, 0.3) is 0 Å². The molecular formula is C20H29ClN6O. The van der Waals surface area contributed by atoms with Crippen molar-refractivity contribution >= 4 is 17.6 Å². The minimum absolute atomic E-state index is 0.350. The molecule has 1 aromatic carbocycles. The SMILES string of the molecule is CCNC(=NCc1nc(-c2cccc(Cl)c2)no1)N1CCC(N(CC)CC)C1. The Morgan fingerprint density at radius 1 is 1.36 bits per heavy atom. The standard InChI is InChI=1S/C20H29ClN6O/c1-4-22-20(27-11-10-17(14-27)26(5-2)6-3)23-13-18-24-19(25-28-18)15-8-7-9-16(21)12-15/h7-9,12,17H,4-6,10-11,13-14H2,1-3H3,(H,22,23). The number of rotatable bonds is 7. The average Bonchev–Trinajstić information content (AvgIpc) is 3.36. The zero-order valence-electron chi connectivity index (χ0n) is 16.9. The van der Waals surface area contributed by atoms with Crippen LogP contribution in [0.25, 0.3) is 11.4 Å². The summed E-state index contributed by atoms with van der Waals surface area (Å²) >= 11 is 6.04. The Labute approximate surface area is 171 Å². The molecule has 28 heavy (non-hydrogen) atoms. The highest BCUT2D eigenvalue weighted by atomic mass is 35.5. The van der Waals surface area contributed by atoms with Gasteiger partial charge >= 0.3 is 0 Å². The van der Waals surface area contributed by atoms with Gasteiger partial charge in [-0.05, 0) is 38.6 Å². The van der Waals surface area contributed by atoms with Crippen LogP contribution in [0.1, 0.15) is 33.1 Å². The Morgan fingerprint density at radius 3 is 2.89 bits per heavy atom. The molecule has 1 atom stereocenters. The van der Waals surface area contributed by atoms with Gasteiger partial charge in [0.2, 0.25) is 11.7 Å². The quantitative estimate of drug-likeness (QED) is 0.564. The zero-order chi connectivity index (χ0) is 19.9. The molecule has 3 rings (SSSR count). The van der Waals surface area contributed by atoms with Crippen molar-refractivity contribution in [2.24, 2.45) is 4.99 Å². The molecule has 1 N–H and O–H groups in total. The molecular weight excluding hydrogens is 376 g/mol. The van der Waals surface area contributed by atoms with Crippen molar-refractivity contribution in [3.8, 4) is 11.4 Å². The topological polar surface area (TPSA) is 69.8 Å². The Hall–Kier alpha value is -2.12. The highest BCUT2D eigenvalue weighted by Gasteiger charge is 2.28. The lowest BCUT2D eigenvalue weighted by Crippen LogP contribution is -2.43. The molecule has 0 bridgehead atoms. The number of benzene rings is 1. The fourth-order valence-corrected chi connectivity index (χ4v) is 3.79. The summed E-state index contributed by atoms with van der Waals surface area (Å²) in [5, 5.41) is 8.08. The average molecular weight is 405 g/mol. The van der Waals surface area contributed by atoms with Gasteiger partial charge in [-0.25, -0.2) is 4.99 Å². The lowest BCUT2D eigenvalue weighted by Gasteiger charge is -2.27. The van der Waals surface area contributed by atoms with Crippen LogP contribution in [0.5, 0.6) is 0 Å². The van der Waals surface area contributed by atoms with Crippen molar-refractivity contribution in [3.63, 3.8) is 0 Å². The summed E-state index contributed by atoms with van der Waals surface area (Å²) in [5.74, 6) is 1.92. The third-order valence-corrected chi connectivity index (χ3v) is 5.28. The number of nitrogens with zero attached hydrogens (tertiary/aromatic N) is 5. The molecule has 1 aromatic heterocycles. The van der Waals surface area contributed by atoms with Crippen molar-refractivity contribution in [3.05, 3.63) is 35.2 Å². The number of halogens is 1. The molecule has 152 valence electrons. The van der Waals surface area contributed by atoms with Crippen molar-refractivity contribution < 1.29 is 4.52 Å². The number of aliphatic imine (C=N–C) groups is 1. The van der Waals surface area contributed by atoms with Crippen molar-refractivity contribution in [1.82, 2.24) is 25.3 Å². The third-order valence-electron chi connectivity index (χ3n) is 5.04. The number of hydrogen-bond acceptors (Lipinski definition) is 5. The molecule has 8 heteroatoms. The van der Waals surface area contributed by atoms with Crippen LogP contribution in [0.4, 0.5) is 0 Å². The van der Waals surface area contributed by atoms with Gasteiger partial charge in [0, 0.05) is 36.3 Å². The monoisotopic (exact) mass is 404 g/mol. The molecule has 2 aromatic rings. The highest BCUT2D eigenvalue weighted by molar-refractivity contribution is 6.30. The minimum Gasteiger partial charge on any atom is -0.357 e. The Balaban J connectivity index is 1.67. The summed E-state index contributed by atoms with van der Waals surface area (Å²) in [6, 6.07) is 8.00. The predicted octanol–water partition coefficient (Wildman–Crippen LogP) is 3.27. The maximum atomic E-state index is 6.04. The first-order valence-corrected chi connectivity index (χ1v) is 10.4. The van der Waals surface area contributed by atoms with Crippen LogP contribution in [-0.2, 0) is 6.54 Å². The summed E-state index contributed by atoms with van der Waals surface area (Å²) in [7, 11) is 0. The number of aromatic nitrogens is 2. The minimum atomic E-state index is 0.350. The largest absolute Gasteiger partial charge is 0.357 e. The second kappa shape index (κ2) is 9.89. The van der Waals surface area contributed by atoms with Crippen LogP contribution in [0.15, 0.2) is 33.8 Å². The second-order valence-corrected chi connectivity index (χ2v) is 7.24. The van der Waals surface area contributed by atoms with E-state index >= 15 is 0 Å². The molecule has 7 nitrogen and oxygen atoms in total. The van der Waals surface area contributed by atoms with E-state index in [1.807, 2.05) is 24.3 Å². The fraction of sp³-hybridized carbons (Fsp3) is 0.550. The number of likely N-dealkylation sites (N-methyl/N-ethyl adjacent to an activating group) is 1. The van der Waals surface area contributed by atoms with Gasteiger partial charge in [0.15, 0.2) is 5.96 Å². The van der Waals surface area contributed by atoms with Crippen molar-refractivity contribution in [2.45, 2.75) is 39.8 Å². The molecule has 0 spiro atoms. The summed E-state index contributed by atoms with van der Waals surface area (Å²) < 4.78 is 5.38. The fourth-order valence-electron chi connectivity index (χ4n) is 3.60. The van der Waals surface area contributed by atoms with Gasteiger partial charge in [-0.1, -0.05) is 42.7 Å². The van der Waals surface area contributed by atoms with E-state index in [1.54, 1.807) is 0 Å². The lowest BCUT2D eigenvalue weighted by atomic mass is 10.2.